The van der Waals surface area contributed by atoms with Crippen molar-refractivity contribution in [2.24, 2.45) is 5.92 Å². The molecule has 2 aromatic carbocycles. The molecule has 0 bridgehead atoms. The molecule has 1 aliphatic rings. The van der Waals surface area contributed by atoms with Crippen LogP contribution in [-0.2, 0) is 22.0 Å². The van der Waals surface area contributed by atoms with Crippen LogP contribution >= 0.6 is 0 Å². The van der Waals surface area contributed by atoms with Crippen LogP contribution in [0.25, 0.3) is 0 Å². The van der Waals surface area contributed by atoms with Crippen molar-refractivity contribution < 1.29 is 36.9 Å². The van der Waals surface area contributed by atoms with E-state index in [0.29, 0.717) is 57.8 Å². The van der Waals surface area contributed by atoms with Gasteiger partial charge in [0.2, 0.25) is 11.7 Å². The van der Waals surface area contributed by atoms with Gasteiger partial charge >= 0.3 is 12.1 Å². The van der Waals surface area contributed by atoms with Gasteiger partial charge < -0.3 is 34.5 Å². The van der Waals surface area contributed by atoms with Gasteiger partial charge in [-0.25, -0.2) is 18.4 Å². The van der Waals surface area contributed by atoms with Gasteiger partial charge in [-0.3, -0.25) is 4.79 Å². The number of nitrogens with zero attached hydrogens (tertiary/aromatic N) is 3. The highest BCUT2D eigenvalue weighted by Crippen LogP contribution is 2.41. The predicted octanol–water partition coefficient (Wildman–Crippen LogP) is 8.11. The first-order chi connectivity index (χ1) is 26.3. The van der Waals surface area contributed by atoms with Crippen molar-refractivity contribution >= 4 is 26.3 Å². The van der Waals surface area contributed by atoms with E-state index in [1.54, 1.807) is 20.8 Å². The zero-order chi connectivity index (χ0) is 41.1. The van der Waals surface area contributed by atoms with Gasteiger partial charge in [0.05, 0.1) is 6.04 Å². The minimum atomic E-state index is -2.53. The Labute approximate surface area is 331 Å². The monoisotopic (exact) mass is 798 g/mol. The number of hydrogen-bond acceptors (Lipinski definition) is 8. The average Bonchev–Trinajstić information content (AvgIpc) is 3.58. The number of hydrogen-bond donors (Lipinski definition) is 3. The van der Waals surface area contributed by atoms with Crippen LogP contribution in [0.5, 0.6) is 0 Å². The summed E-state index contributed by atoms with van der Waals surface area (Å²) in [5.74, 6) is -1.86. The van der Waals surface area contributed by atoms with Crippen molar-refractivity contribution in [3.05, 3.63) is 83.0 Å². The van der Waals surface area contributed by atoms with E-state index >= 15 is 0 Å². The molecule has 1 saturated heterocycles. The highest BCUT2D eigenvalue weighted by atomic mass is 28.4. The van der Waals surface area contributed by atoms with Crippen molar-refractivity contribution in [1.82, 2.24) is 31.0 Å². The molecule has 1 fully saturated rings. The summed E-state index contributed by atoms with van der Waals surface area (Å²) < 4.78 is 46.1. The summed E-state index contributed by atoms with van der Waals surface area (Å²) in [5.41, 5.74) is 0.497. The molecule has 3 N–H and O–H groups in total. The molecule has 15 heteroatoms. The second kappa shape index (κ2) is 19.7. The van der Waals surface area contributed by atoms with Crippen LogP contribution in [0.2, 0.25) is 18.1 Å². The largest absolute Gasteiger partial charge is 0.444 e. The van der Waals surface area contributed by atoms with Crippen molar-refractivity contribution in [3.8, 4) is 0 Å². The van der Waals surface area contributed by atoms with Gasteiger partial charge in [-0.05, 0) is 107 Å². The van der Waals surface area contributed by atoms with Crippen LogP contribution < -0.4 is 16.0 Å². The Morgan fingerprint density at radius 1 is 0.946 bits per heavy atom. The molecule has 0 radical (unpaired) electrons. The first-order valence-corrected chi connectivity index (χ1v) is 22.5. The minimum absolute atomic E-state index is 0.0448. The van der Waals surface area contributed by atoms with Gasteiger partial charge in [-0.1, -0.05) is 56.3 Å². The lowest BCUT2D eigenvalue weighted by molar-refractivity contribution is 0.0526. The fraction of sp³-hybridized carbons (Fsp3) is 0.585. The van der Waals surface area contributed by atoms with Crippen molar-refractivity contribution in [3.63, 3.8) is 0 Å². The summed E-state index contributed by atoms with van der Waals surface area (Å²) in [6, 6.07) is 12.3. The normalized spacial score (nSPS) is 15.2. The number of benzene rings is 2. The summed E-state index contributed by atoms with van der Waals surface area (Å²) in [5, 5.41) is 13.0. The zero-order valence-electron chi connectivity index (χ0n) is 34.2. The number of amides is 4. The Hall–Kier alpha value is -4.37. The number of nitrogens with one attached hydrogen (secondary N) is 3. The van der Waals surface area contributed by atoms with E-state index in [-0.39, 0.29) is 28.4 Å². The second-order valence-electron chi connectivity index (χ2n) is 17.1. The van der Waals surface area contributed by atoms with E-state index in [2.05, 4.69) is 55.0 Å². The van der Waals surface area contributed by atoms with Crippen LogP contribution in [0.1, 0.15) is 107 Å². The number of urea groups is 1. The predicted molar refractivity (Wildman–Crippen MR) is 213 cm³/mol. The number of likely N-dealkylation sites (tertiary alicyclic amines) is 1. The summed E-state index contributed by atoms with van der Waals surface area (Å²) in [7, 11) is -2.53. The second-order valence-corrected chi connectivity index (χ2v) is 21.8. The fourth-order valence-electron chi connectivity index (χ4n) is 6.12. The third-order valence-electron chi connectivity index (χ3n) is 10.3. The number of unbranched alkanes of at least 4 members (excludes halogenated alkanes) is 1. The molecule has 1 aromatic heterocycles. The molecule has 0 spiro atoms. The quantitative estimate of drug-likeness (QED) is 0.0973. The summed E-state index contributed by atoms with van der Waals surface area (Å²) in [4.78, 5) is 45.3. The van der Waals surface area contributed by atoms with Gasteiger partial charge in [-0.2, -0.15) is 4.98 Å². The molecule has 2 unspecified atom stereocenters. The first kappa shape index (κ1) is 44.3. The highest BCUT2D eigenvalue weighted by Gasteiger charge is 2.43. The Kier molecular flexibility index (Phi) is 15.6. The Bertz CT molecular complexity index is 1740. The lowest BCUT2D eigenvalue weighted by Crippen LogP contribution is -2.48. The molecular formula is C41H60F2N6O6Si. The van der Waals surface area contributed by atoms with E-state index in [1.165, 1.54) is 11.6 Å². The number of piperidine rings is 1. The first-order valence-electron chi connectivity index (χ1n) is 19.6. The van der Waals surface area contributed by atoms with Crippen LogP contribution in [0.3, 0.4) is 0 Å². The zero-order valence-corrected chi connectivity index (χ0v) is 35.2. The summed E-state index contributed by atoms with van der Waals surface area (Å²) in [6.07, 6.45) is 2.99. The number of rotatable bonds is 16. The topological polar surface area (TPSA) is 148 Å². The molecule has 12 nitrogen and oxygen atoms in total. The molecular weight excluding hydrogens is 739 g/mol. The fourth-order valence-corrected chi connectivity index (χ4v) is 7.37. The highest BCUT2D eigenvalue weighted by molar-refractivity contribution is 6.74. The number of alkyl carbamates (subject to hydrolysis) is 1. The van der Waals surface area contributed by atoms with E-state index < -0.39 is 49.7 Å². The molecule has 0 saturated carbocycles. The molecule has 1 aliphatic heterocycles. The average molecular weight is 799 g/mol. The number of carbonyl (C=O) groups excluding carboxylic acids is 3. The van der Waals surface area contributed by atoms with Crippen molar-refractivity contribution in [1.29, 1.82) is 0 Å². The maximum atomic E-state index is 14.2. The number of halogens is 2. The standard InChI is InChI=1S/C41H60F2N6O6Si/c1-40(2,3)53-39(52)45-22-13-12-16-33(46-37(50)30-17-18-31(42)32(43)27-30)35(55-56(7,8)41(4,5)6)36-47-34(54-48-36)26-29-20-24-49(25-21-29)38(51)44-23-19-28-14-10-9-11-15-28/h9-11,14-15,17-18,27,29,33,35H,12-13,16,19-26H2,1-8H3,(H,44,51)(H,45,52)(H,46,50). The maximum absolute atomic E-state index is 14.2. The minimum Gasteiger partial charge on any atom is -0.444 e. The summed E-state index contributed by atoms with van der Waals surface area (Å²) >= 11 is 0. The Morgan fingerprint density at radius 3 is 2.29 bits per heavy atom. The molecule has 2 heterocycles. The summed E-state index contributed by atoms with van der Waals surface area (Å²) in [6.45, 7) is 18.0. The lowest BCUT2D eigenvalue weighted by Gasteiger charge is -2.40. The van der Waals surface area contributed by atoms with Crippen LogP contribution in [0.4, 0.5) is 18.4 Å². The SMILES string of the molecule is CC(C)(C)OC(=O)NCCCCC(NC(=O)c1ccc(F)c(F)c1)C(O[Si](C)(C)C(C)(C)C)c1noc(CC2CCN(C(=O)NCCc3ccccc3)CC2)n1. The van der Waals surface area contributed by atoms with Gasteiger partial charge in [0.1, 0.15) is 11.7 Å². The van der Waals surface area contributed by atoms with Crippen LogP contribution in [-0.4, -0.2) is 79.2 Å². The maximum Gasteiger partial charge on any atom is 0.407 e. The van der Waals surface area contributed by atoms with Gasteiger partial charge in [0, 0.05) is 38.2 Å². The smallest absolute Gasteiger partial charge is 0.407 e. The lowest BCUT2D eigenvalue weighted by atomic mass is 9.93. The Balaban J connectivity index is 1.47. The number of aromatic nitrogens is 2. The van der Waals surface area contributed by atoms with Gasteiger partial charge in [0.15, 0.2) is 20.0 Å². The van der Waals surface area contributed by atoms with E-state index in [1.807, 2.05) is 35.2 Å². The third kappa shape index (κ3) is 13.7. The molecule has 0 aliphatic carbocycles. The van der Waals surface area contributed by atoms with Crippen LogP contribution in [0, 0.1) is 17.6 Å². The van der Waals surface area contributed by atoms with E-state index in [9.17, 15) is 23.2 Å². The van der Waals surface area contributed by atoms with Crippen molar-refractivity contribution in [2.75, 3.05) is 26.2 Å². The molecule has 3 aromatic rings. The number of ether oxygens (including phenoxy) is 1. The molecule has 56 heavy (non-hydrogen) atoms. The molecule has 2 atom stereocenters. The Morgan fingerprint density at radius 2 is 1.64 bits per heavy atom. The van der Waals surface area contributed by atoms with E-state index in [4.69, 9.17) is 18.7 Å². The third-order valence-corrected chi connectivity index (χ3v) is 14.8. The molecule has 308 valence electrons. The van der Waals surface area contributed by atoms with E-state index in [0.717, 1.165) is 31.4 Å². The number of carbonyl (C=O) groups is 3. The molecule has 4 rings (SSSR count). The van der Waals surface area contributed by atoms with Gasteiger partial charge in [-0.15, -0.1) is 0 Å². The molecule has 4 amide bonds. The van der Waals surface area contributed by atoms with Crippen LogP contribution in [0.15, 0.2) is 53.1 Å². The van der Waals surface area contributed by atoms with Crippen molar-refractivity contribution in [2.45, 2.75) is 122 Å². The van der Waals surface area contributed by atoms with Gasteiger partial charge in [0.25, 0.3) is 5.91 Å².